The Hall–Kier alpha value is -2.87. The van der Waals surface area contributed by atoms with E-state index in [4.69, 9.17) is 0 Å². The van der Waals surface area contributed by atoms with Crippen molar-refractivity contribution in [2.75, 3.05) is 17.5 Å². The number of nitrogens with one attached hydrogen (secondary N) is 2. The molecule has 5 rings (SSSR count). The third kappa shape index (κ3) is 3.27. The molecule has 1 fully saturated rings. The molecule has 8 heteroatoms. The van der Waals surface area contributed by atoms with Gasteiger partial charge in [0, 0.05) is 29.8 Å². The number of hydrogen-bond donors (Lipinski definition) is 2. The second kappa shape index (κ2) is 6.59. The Balaban J connectivity index is 1.43. The lowest BCUT2D eigenvalue weighted by Crippen LogP contribution is -2.46. The molecule has 2 heterocycles. The maximum absolute atomic E-state index is 13.3. The predicted molar refractivity (Wildman–Crippen MR) is 112 cm³/mol. The zero-order chi connectivity index (χ0) is 20.2. The molecule has 2 aromatic carbocycles. The van der Waals surface area contributed by atoms with E-state index in [-0.39, 0.29) is 11.9 Å². The summed E-state index contributed by atoms with van der Waals surface area (Å²) >= 11 is 0. The van der Waals surface area contributed by atoms with Gasteiger partial charge in [0.15, 0.2) is 0 Å². The van der Waals surface area contributed by atoms with Gasteiger partial charge in [-0.2, -0.15) is 0 Å². The summed E-state index contributed by atoms with van der Waals surface area (Å²) in [6, 6.07) is 11.4. The molecule has 1 saturated heterocycles. The van der Waals surface area contributed by atoms with E-state index in [1.54, 1.807) is 6.33 Å². The molecule has 1 aliphatic heterocycles. The minimum atomic E-state index is -3.32. The van der Waals surface area contributed by atoms with Crippen LogP contribution in [-0.2, 0) is 16.4 Å². The Morgan fingerprint density at radius 1 is 1.24 bits per heavy atom. The average Bonchev–Trinajstić information content (AvgIpc) is 3.29. The Labute approximate surface area is 169 Å². The summed E-state index contributed by atoms with van der Waals surface area (Å²) in [6.07, 6.45) is 5.52. The molecule has 1 aromatic heterocycles. The number of rotatable bonds is 3. The average molecular weight is 410 g/mol. The van der Waals surface area contributed by atoms with Gasteiger partial charge in [0.1, 0.15) is 0 Å². The van der Waals surface area contributed by atoms with Crippen LogP contribution in [0, 0.1) is 0 Å². The summed E-state index contributed by atoms with van der Waals surface area (Å²) in [5.74, 6) is 0.330. The van der Waals surface area contributed by atoms with Crippen LogP contribution in [0.5, 0.6) is 0 Å². The molecular formula is C21H22N4O3S. The molecule has 7 nitrogen and oxygen atoms in total. The van der Waals surface area contributed by atoms with Gasteiger partial charge >= 0.3 is 0 Å². The van der Waals surface area contributed by atoms with Crippen molar-refractivity contribution in [3.8, 4) is 0 Å². The van der Waals surface area contributed by atoms with Crippen LogP contribution in [0.2, 0.25) is 0 Å². The molecule has 2 aliphatic rings. The summed E-state index contributed by atoms with van der Waals surface area (Å²) in [5, 5.41) is 0. The lowest BCUT2D eigenvalue weighted by Gasteiger charge is -2.38. The van der Waals surface area contributed by atoms with E-state index >= 15 is 0 Å². The number of aromatic amines is 1. The van der Waals surface area contributed by atoms with E-state index in [2.05, 4.69) is 14.7 Å². The van der Waals surface area contributed by atoms with Gasteiger partial charge in [0.2, 0.25) is 10.0 Å². The van der Waals surface area contributed by atoms with Gasteiger partial charge in [-0.1, -0.05) is 6.07 Å². The Kier molecular flexibility index (Phi) is 4.13. The first-order valence-electron chi connectivity index (χ1n) is 9.74. The highest BCUT2D eigenvalue weighted by Crippen LogP contribution is 2.43. The van der Waals surface area contributed by atoms with Crippen molar-refractivity contribution in [1.82, 2.24) is 14.9 Å². The van der Waals surface area contributed by atoms with Crippen molar-refractivity contribution in [2.45, 2.75) is 31.2 Å². The number of sulfonamides is 1. The molecule has 1 amide bonds. The summed E-state index contributed by atoms with van der Waals surface area (Å²) in [7, 11) is -3.32. The third-order valence-electron chi connectivity index (χ3n) is 5.98. The largest absolute Gasteiger partial charge is 0.345 e. The first-order valence-corrected chi connectivity index (χ1v) is 11.6. The number of nitrogens with zero attached hydrogens (tertiary/aromatic N) is 2. The van der Waals surface area contributed by atoms with E-state index < -0.39 is 10.0 Å². The zero-order valence-electron chi connectivity index (χ0n) is 16.1. The van der Waals surface area contributed by atoms with Crippen molar-refractivity contribution in [3.05, 3.63) is 59.4 Å². The number of imidazole rings is 1. The van der Waals surface area contributed by atoms with Crippen LogP contribution in [-0.4, -0.2) is 48.0 Å². The molecule has 2 atom stereocenters. The summed E-state index contributed by atoms with van der Waals surface area (Å²) < 4.78 is 25.7. The molecule has 0 radical (unpaired) electrons. The van der Waals surface area contributed by atoms with Crippen LogP contribution in [0.25, 0.3) is 11.0 Å². The number of aromatic nitrogens is 2. The molecular weight excluding hydrogens is 388 g/mol. The number of hydrogen-bond acceptors (Lipinski definition) is 4. The monoisotopic (exact) mass is 410 g/mol. The number of anilines is 1. The summed E-state index contributed by atoms with van der Waals surface area (Å²) in [5.41, 5.74) is 5.28. The van der Waals surface area contributed by atoms with Gasteiger partial charge < -0.3 is 9.88 Å². The highest BCUT2D eigenvalue weighted by atomic mass is 32.2. The standard InChI is InChI=1S/C21H22N4O3S/c1-29(27,28)24-15-5-6-16-14(9-15)11-20-17(16)3-2-8-25(20)21(26)13-4-7-18-19(10-13)23-12-22-18/h4-7,9-10,12,17,20,24H,2-3,8,11H2,1H3,(H,22,23)/t17-,20+/m0/s1. The first kappa shape index (κ1) is 18.2. The fourth-order valence-electron chi connectivity index (χ4n) is 4.80. The molecule has 1 aliphatic carbocycles. The number of carbonyl (C=O) groups excluding carboxylic acids is 1. The smallest absolute Gasteiger partial charge is 0.254 e. The number of fused-ring (bicyclic) bond motifs is 4. The van der Waals surface area contributed by atoms with Crippen LogP contribution in [0.3, 0.4) is 0 Å². The Morgan fingerprint density at radius 3 is 2.93 bits per heavy atom. The van der Waals surface area contributed by atoms with Gasteiger partial charge in [-0.3, -0.25) is 9.52 Å². The molecule has 0 unspecified atom stereocenters. The maximum atomic E-state index is 13.3. The van der Waals surface area contributed by atoms with Crippen LogP contribution in [0.15, 0.2) is 42.7 Å². The minimum absolute atomic E-state index is 0.0342. The van der Waals surface area contributed by atoms with Gasteiger partial charge in [0.25, 0.3) is 5.91 Å². The van der Waals surface area contributed by atoms with E-state index in [1.165, 1.54) is 5.56 Å². The Morgan fingerprint density at radius 2 is 2.10 bits per heavy atom. The summed E-state index contributed by atoms with van der Waals surface area (Å²) in [6.45, 7) is 0.737. The third-order valence-corrected chi connectivity index (χ3v) is 6.59. The normalized spacial score (nSPS) is 21.1. The van der Waals surface area contributed by atoms with Crippen LogP contribution in [0.1, 0.15) is 40.2 Å². The topological polar surface area (TPSA) is 95.2 Å². The Bertz CT molecular complexity index is 1220. The van der Waals surface area contributed by atoms with Gasteiger partial charge in [-0.15, -0.1) is 0 Å². The molecule has 0 bridgehead atoms. The lowest BCUT2D eigenvalue weighted by atomic mass is 9.88. The van der Waals surface area contributed by atoms with Crippen molar-refractivity contribution in [3.63, 3.8) is 0 Å². The molecule has 29 heavy (non-hydrogen) atoms. The number of likely N-dealkylation sites (tertiary alicyclic amines) is 1. The number of benzene rings is 2. The molecule has 3 aromatic rings. The molecule has 0 saturated carbocycles. The zero-order valence-corrected chi connectivity index (χ0v) is 16.9. The highest BCUT2D eigenvalue weighted by molar-refractivity contribution is 7.92. The summed E-state index contributed by atoms with van der Waals surface area (Å²) in [4.78, 5) is 22.6. The van der Waals surface area contributed by atoms with Crippen LogP contribution >= 0.6 is 0 Å². The number of carbonyl (C=O) groups is 1. The predicted octanol–water partition coefficient (Wildman–Crippen LogP) is 2.88. The fraction of sp³-hybridized carbons (Fsp3) is 0.333. The second-order valence-electron chi connectivity index (χ2n) is 7.94. The van der Waals surface area contributed by atoms with Crippen molar-refractivity contribution < 1.29 is 13.2 Å². The molecule has 0 spiro atoms. The number of piperidine rings is 1. The van der Waals surface area contributed by atoms with Gasteiger partial charge in [0.05, 0.1) is 23.6 Å². The van der Waals surface area contributed by atoms with Gasteiger partial charge in [-0.05, 0) is 60.7 Å². The number of H-pyrrole nitrogens is 1. The molecule has 150 valence electrons. The number of amides is 1. The first-order chi connectivity index (χ1) is 13.9. The van der Waals surface area contributed by atoms with Crippen LogP contribution < -0.4 is 4.72 Å². The highest BCUT2D eigenvalue weighted by Gasteiger charge is 2.41. The molecule has 2 N–H and O–H groups in total. The minimum Gasteiger partial charge on any atom is -0.345 e. The van der Waals surface area contributed by atoms with Crippen LogP contribution in [0.4, 0.5) is 5.69 Å². The van der Waals surface area contributed by atoms with E-state index in [9.17, 15) is 13.2 Å². The van der Waals surface area contributed by atoms with Crippen molar-refractivity contribution in [1.29, 1.82) is 0 Å². The van der Waals surface area contributed by atoms with E-state index in [0.717, 1.165) is 48.7 Å². The van der Waals surface area contributed by atoms with Crippen molar-refractivity contribution >= 4 is 32.7 Å². The van der Waals surface area contributed by atoms with Crippen molar-refractivity contribution in [2.24, 2.45) is 0 Å². The lowest BCUT2D eigenvalue weighted by molar-refractivity contribution is 0.0595. The maximum Gasteiger partial charge on any atom is 0.254 e. The van der Waals surface area contributed by atoms with Gasteiger partial charge in [-0.25, -0.2) is 13.4 Å². The fourth-order valence-corrected chi connectivity index (χ4v) is 5.36. The second-order valence-corrected chi connectivity index (χ2v) is 9.69. The SMILES string of the molecule is CS(=O)(=O)Nc1ccc2c(c1)C[C@@H]1[C@H]2CCCN1C(=O)c1ccc2[nH]cnc2c1. The van der Waals surface area contributed by atoms with E-state index in [0.29, 0.717) is 17.2 Å². The quantitative estimate of drug-likeness (QED) is 0.694. The van der Waals surface area contributed by atoms with E-state index in [1.807, 2.05) is 41.3 Å².